The molecule has 1 aromatic heterocycles. The van der Waals surface area contributed by atoms with E-state index in [1.54, 1.807) is 56.4 Å². The molecule has 3 aromatic carbocycles. The number of rotatable bonds is 12. The number of hydrogen-bond acceptors (Lipinski definition) is 8. The lowest BCUT2D eigenvalue weighted by Gasteiger charge is -2.23. The molecule has 0 saturated heterocycles. The fraction of sp³-hybridized carbons (Fsp3) is 0.312. The Morgan fingerprint density at radius 2 is 1.74 bits per heavy atom. The Morgan fingerprint density at radius 1 is 0.976 bits per heavy atom. The normalized spacial score (nSPS) is 12.4. The van der Waals surface area contributed by atoms with Crippen LogP contribution in [0, 0.1) is 0 Å². The number of carbonyl (C=O) groups is 1. The van der Waals surface area contributed by atoms with Gasteiger partial charge >= 0.3 is 0 Å². The second kappa shape index (κ2) is 13.1. The van der Waals surface area contributed by atoms with E-state index in [9.17, 15) is 13.2 Å². The SMILES string of the molecule is CCOc1cc(C(Nc2ccc3c(N)nccc3c2)C(=O)NCc2ccccc2S(=O)(=O)C(C)C)ccc1OC(C)C. The van der Waals surface area contributed by atoms with Crippen LogP contribution in [-0.4, -0.2) is 37.3 Å². The monoisotopic (exact) mass is 590 g/mol. The van der Waals surface area contributed by atoms with Crippen molar-refractivity contribution in [2.24, 2.45) is 0 Å². The predicted molar refractivity (Wildman–Crippen MR) is 167 cm³/mol. The van der Waals surface area contributed by atoms with Crippen LogP contribution in [0.4, 0.5) is 11.5 Å². The summed E-state index contributed by atoms with van der Waals surface area (Å²) < 4.78 is 37.7. The number of pyridine rings is 1. The summed E-state index contributed by atoms with van der Waals surface area (Å²) >= 11 is 0. The summed E-state index contributed by atoms with van der Waals surface area (Å²) in [7, 11) is -3.54. The van der Waals surface area contributed by atoms with Crippen molar-refractivity contribution in [3.05, 3.63) is 84.1 Å². The highest BCUT2D eigenvalue weighted by atomic mass is 32.2. The molecule has 0 saturated carbocycles. The van der Waals surface area contributed by atoms with Gasteiger partial charge in [0.05, 0.1) is 22.9 Å². The number of amides is 1. The summed E-state index contributed by atoms with van der Waals surface area (Å²) in [6.45, 7) is 9.48. The lowest BCUT2D eigenvalue weighted by Crippen LogP contribution is -2.33. The van der Waals surface area contributed by atoms with Crippen molar-refractivity contribution in [1.29, 1.82) is 0 Å². The van der Waals surface area contributed by atoms with Crippen LogP contribution in [0.2, 0.25) is 0 Å². The van der Waals surface area contributed by atoms with Gasteiger partial charge in [0.1, 0.15) is 11.9 Å². The summed E-state index contributed by atoms with van der Waals surface area (Å²) in [6, 6.07) is 18.7. The number of nitrogens with one attached hydrogen (secondary N) is 2. The Bertz CT molecular complexity index is 1670. The minimum Gasteiger partial charge on any atom is -0.490 e. The molecule has 0 spiro atoms. The predicted octanol–water partition coefficient (Wildman–Crippen LogP) is 5.65. The van der Waals surface area contributed by atoms with Crippen LogP contribution < -0.4 is 25.8 Å². The number of benzene rings is 3. The number of anilines is 2. The van der Waals surface area contributed by atoms with Gasteiger partial charge < -0.3 is 25.8 Å². The average Bonchev–Trinajstić information content (AvgIpc) is 2.95. The van der Waals surface area contributed by atoms with Crippen LogP contribution in [0.15, 0.2) is 77.8 Å². The number of carbonyl (C=O) groups excluding carboxylic acids is 1. The third-order valence-corrected chi connectivity index (χ3v) is 8.94. The molecule has 4 N–H and O–H groups in total. The van der Waals surface area contributed by atoms with Crippen LogP contribution in [0.5, 0.6) is 11.5 Å². The Kier molecular flexibility index (Phi) is 9.57. The molecule has 1 heterocycles. The van der Waals surface area contributed by atoms with Crippen LogP contribution in [0.3, 0.4) is 0 Å². The number of hydrogen-bond donors (Lipinski definition) is 3. The van der Waals surface area contributed by atoms with Crippen molar-refractivity contribution in [2.45, 2.75) is 63.5 Å². The molecule has 222 valence electrons. The molecule has 4 aromatic rings. The zero-order valence-corrected chi connectivity index (χ0v) is 25.4. The molecule has 0 fully saturated rings. The molecule has 1 unspecified atom stereocenters. The van der Waals surface area contributed by atoms with Gasteiger partial charge in [-0.3, -0.25) is 4.79 Å². The molecule has 9 nitrogen and oxygen atoms in total. The van der Waals surface area contributed by atoms with Gasteiger partial charge in [-0.15, -0.1) is 0 Å². The number of nitrogens with two attached hydrogens (primary N) is 1. The molecule has 10 heteroatoms. The summed E-state index contributed by atoms with van der Waals surface area (Å²) in [5, 5.41) is 7.38. The van der Waals surface area contributed by atoms with E-state index in [0.29, 0.717) is 40.7 Å². The fourth-order valence-electron chi connectivity index (χ4n) is 4.55. The van der Waals surface area contributed by atoms with Gasteiger partial charge in [0, 0.05) is 23.8 Å². The fourth-order valence-corrected chi connectivity index (χ4v) is 5.83. The highest BCUT2D eigenvalue weighted by Crippen LogP contribution is 2.33. The van der Waals surface area contributed by atoms with Crippen LogP contribution >= 0.6 is 0 Å². The van der Waals surface area contributed by atoms with Gasteiger partial charge in [-0.1, -0.05) is 24.3 Å². The Hall–Kier alpha value is -4.31. The van der Waals surface area contributed by atoms with E-state index in [1.165, 1.54) is 0 Å². The molecule has 0 bridgehead atoms. The summed E-state index contributed by atoms with van der Waals surface area (Å²) in [5.41, 5.74) is 7.88. The van der Waals surface area contributed by atoms with Crippen LogP contribution in [0.1, 0.15) is 51.8 Å². The van der Waals surface area contributed by atoms with E-state index in [4.69, 9.17) is 15.2 Å². The molecule has 0 aliphatic rings. The Balaban J connectivity index is 1.70. The lowest BCUT2D eigenvalue weighted by atomic mass is 10.0. The van der Waals surface area contributed by atoms with Crippen LogP contribution in [0.25, 0.3) is 10.8 Å². The molecule has 0 aliphatic heterocycles. The third-order valence-electron chi connectivity index (χ3n) is 6.68. The smallest absolute Gasteiger partial charge is 0.247 e. The topological polar surface area (TPSA) is 133 Å². The second-order valence-corrected chi connectivity index (χ2v) is 12.9. The molecule has 0 aliphatic carbocycles. The summed E-state index contributed by atoms with van der Waals surface area (Å²) in [6.07, 6.45) is 1.57. The highest BCUT2D eigenvalue weighted by molar-refractivity contribution is 7.92. The standard InChI is InChI=1S/C32H38N4O5S/c1-6-40-28-18-23(11-14-27(28)41-20(2)3)30(36-25-12-13-26-22(17-25)15-16-34-31(26)33)32(37)35-19-24-9-7-8-10-29(24)42(38,39)21(4)5/h7-18,20-21,30,36H,6,19H2,1-5H3,(H2,33,34)(H,35,37). The number of sulfone groups is 1. The van der Waals surface area contributed by atoms with E-state index in [1.807, 2.05) is 51.1 Å². The van der Waals surface area contributed by atoms with Crippen molar-refractivity contribution in [1.82, 2.24) is 10.3 Å². The molecule has 0 radical (unpaired) electrons. The van der Waals surface area contributed by atoms with Crippen molar-refractivity contribution >= 4 is 38.0 Å². The Morgan fingerprint density at radius 3 is 2.45 bits per heavy atom. The second-order valence-electron chi connectivity index (χ2n) is 10.4. The number of aromatic nitrogens is 1. The Labute approximate surface area is 247 Å². The first-order chi connectivity index (χ1) is 20.0. The third kappa shape index (κ3) is 6.94. The van der Waals surface area contributed by atoms with Crippen molar-refractivity contribution < 1.29 is 22.7 Å². The first kappa shape index (κ1) is 30.6. The minimum atomic E-state index is -3.54. The molecule has 1 atom stereocenters. The minimum absolute atomic E-state index is 0.0337. The first-order valence-electron chi connectivity index (χ1n) is 13.9. The number of fused-ring (bicyclic) bond motifs is 1. The number of nitrogen functional groups attached to an aromatic ring is 1. The van der Waals surface area contributed by atoms with Gasteiger partial charge in [-0.05, 0) is 93.6 Å². The van der Waals surface area contributed by atoms with Gasteiger partial charge in [0.2, 0.25) is 5.91 Å². The lowest BCUT2D eigenvalue weighted by molar-refractivity contribution is -0.122. The van der Waals surface area contributed by atoms with Crippen molar-refractivity contribution in [2.75, 3.05) is 17.7 Å². The summed E-state index contributed by atoms with van der Waals surface area (Å²) in [5.74, 6) is 1.18. The number of nitrogens with zero attached hydrogens (tertiary/aromatic N) is 1. The van der Waals surface area contributed by atoms with Gasteiger partial charge in [-0.2, -0.15) is 0 Å². The van der Waals surface area contributed by atoms with Gasteiger partial charge in [-0.25, -0.2) is 13.4 Å². The molecular formula is C32H38N4O5S. The quantitative estimate of drug-likeness (QED) is 0.193. The van der Waals surface area contributed by atoms with E-state index >= 15 is 0 Å². The maximum atomic E-state index is 13.8. The highest BCUT2D eigenvalue weighted by Gasteiger charge is 2.25. The maximum absolute atomic E-state index is 13.8. The maximum Gasteiger partial charge on any atom is 0.247 e. The zero-order valence-electron chi connectivity index (χ0n) is 24.5. The van der Waals surface area contributed by atoms with E-state index < -0.39 is 21.1 Å². The molecule has 42 heavy (non-hydrogen) atoms. The van der Waals surface area contributed by atoms with Crippen molar-refractivity contribution in [3.63, 3.8) is 0 Å². The zero-order chi connectivity index (χ0) is 30.4. The van der Waals surface area contributed by atoms with E-state index in [2.05, 4.69) is 15.6 Å². The largest absolute Gasteiger partial charge is 0.490 e. The van der Waals surface area contributed by atoms with E-state index in [0.717, 1.165) is 10.8 Å². The van der Waals surface area contributed by atoms with Gasteiger partial charge in [0.15, 0.2) is 21.3 Å². The number of ether oxygens (including phenoxy) is 2. The van der Waals surface area contributed by atoms with Gasteiger partial charge in [0.25, 0.3) is 0 Å². The molecular weight excluding hydrogens is 552 g/mol. The molecule has 4 rings (SSSR count). The van der Waals surface area contributed by atoms with Crippen molar-refractivity contribution in [3.8, 4) is 11.5 Å². The average molecular weight is 591 g/mol. The molecule has 1 amide bonds. The van der Waals surface area contributed by atoms with Crippen LogP contribution in [-0.2, 0) is 21.2 Å². The summed E-state index contributed by atoms with van der Waals surface area (Å²) in [4.78, 5) is 18.2. The first-order valence-corrected chi connectivity index (χ1v) is 15.5. The van der Waals surface area contributed by atoms with E-state index in [-0.39, 0.29) is 23.5 Å².